The first kappa shape index (κ1) is 10.4. The van der Waals surface area contributed by atoms with Crippen LogP contribution in [0.4, 0.5) is 0 Å². The molecule has 0 heterocycles. The summed E-state index contributed by atoms with van der Waals surface area (Å²) < 4.78 is 0. The fourth-order valence-electron chi connectivity index (χ4n) is 1.48. The average molecular weight is 187 g/mol. The fraction of sp³-hybridized carbons (Fsp3) is 1.00. The number of rotatable bonds is 7. The number of hydrogen-bond acceptors (Lipinski definition) is 2. The van der Waals surface area contributed by atoms with Crippen LogP contribution in [0.15, 0.2) is 0 Å². The second kappa shape index (κ2) is 5.13. The van der Waals surface area contributed by atoms with Gasteiger partial charge in [-0.1, -0.05) is 13.3 Å². The first-order valence-electron chi connectivity index (χ1n) is 5.11. The molecule has 0 amide bonds. The smallest absolute Gasteiger partial charge is 0.00103 e. The van der Waals surface area contributed by atoms with E-state index in [0.717, 1.165) is 6.54 Å². The molecule has 12 heavy (non-hydrogen) atoms. The monoisotopic (exact) mass is 187 g/mol. The molecule has 1 aliphatic carbocycles. The second-order valence-electron chi connectivity index (χ2n) is 3.94. The van der Waals surface area contributed by atoms with Crippen LogP contribution in [0.1, 0.15) is 39.0 Å². The van der Waals surface area contributed by atoms with Crippen molar-refractivity contribution in [1.29, 1.82) is 0 Å². The third-order valence-electron chi connectivity index (χ3n) is 2.68. The van der Waals surface area contributed by atoms with E-state index < -0.39 is 0 Å². The highest BCUT2D eigenvalue weighted by Gasteiger charge is 2.40. The molecular weight excluding hydrogens is 166 g/mol. The van der Waals surface area contributed by atoms with Gasteiger partial charge in [-0.3, -0.25) is 0 Å². The van der Waals surface area contributed by atoms with Crippen LogP contribution in [0.5, 0.6) is 0 Å². The Morgan fingerprint density at radius 3 is 2.67 bits per heavy atom. The normalized spacial score (nSPS) is 19.5. The van der Waals surface area contributed by atoms with Crippen LogP contribution in [0.3, 0.4) is 0 Å². The standard InChI is InChI=1S/C10H21NS/c1-2-3-8-12-9-10(4-5-10)6-7-11/h2-9,11H2,1H3. The zero-order valence-corrected chi connectivity index (χ0v) is 8.96. The molecule has 1 rings (SSSR count). The summed E-state index contributed by atoms with van der Waals surface area (Å²) in [7, 11) is 0. The maximum atomic E-state index is 5.58. The molecule has 1 fully saturated rings. The van der Waals surface area contributed by atoms with Crippen LogP contribution >= 0.6 is 11.8 Å². The van der Waals surface area contributed by atoms with Crippen LogP contribution in [-0.2, 0) is 0 Å². The lowest BCUT2D eigenvalue weighted by molar-refractivity contribution is 0.537. The van der Waals surface area contributed by atoms with Crippen LogP contribution < -0.4 is 5.73 Å². The largest absolute Gasteiger partial charge is 0.330 e. The number of hydrogen-bond donors (Lipinski definition) is 1. The lowest BCUT2D eigenvalue weighted by Crippen LogP contribution is -2.11. The first-order chi connectivity index (χ1) is 5.83. The van der Waals surface area contributed by atoms with Gasteiger partial charge in [0.1, 0.15) is 0 Å². The first-order valence-corrected chi connectivity index (χ1v) is 6.26. The highest BCUT2D eigenvalue weighted by Crippen LogP contribution is 2.50. The maximum absolute atomic E-state index is 5.58. The van der Waals surface area contributed by atoms with Gasteiger partial charge in [0, 0.05) is 0 Å². The van der Waals surface area contributed by atoms with Crippen molar-refractivity contribution in [3.63, 3.8) is 0 Å². The number of unbranched alkanes of at least 4 members (excludes halogenated alkanes) is 1. The van der Waals surface area contributed by atoms with Gasteiger partial charge in [-0.25, -0.2) is 0 Å². The van der Waals surface area contributed by atoms with Crippen molar-refractivity contribution in [2.45, 2.75) is 39.0 Å². The molecule has 1 aliphatic rings. The fourth-order valence-corrected chi connectivity index (χ4v) is 2.99. The third-order valence-corrected chi connectivity index (χ3v) is 4.08. The Morgan fingerprint density at radius 2 is 2.17 bits per heavy atom. The molecule has 0 aromatic rings. The molecule has 0 bridgehead atoms. The predicted molar refractivity (Wildman–Crippen MR) is 57.6 cm³/mol. The van der Waals surface area contributed by atoms with Gasteiger partial charge in [-0.2, -0.15) is 11.8 Å². The molecule has 0 aliphatic heterocycles. The van der Waals surface area contributed by atoms with Crippen molar-refractivity contribution in [2.24, 2.45) is 11.1 Å². The zero-order chi connectivity index (χ0) is 8.86. The van der Waals surface area contributed by atoms with Gasteiger partial charge >= 0.3 is 0 Å². The quantitative estimate of drug-likeness (QED) is 0.620. The van der Waals surface area contributed by atoms with Gasteiger partial charge in [-0.15, -0.1) is 0 Å². The second-order valence-corrected chi connectivity index (χ2v) is 5.05. The van der Waals surface area contributed by atoms with E-state index in [-0.39, 0.29) is 0 Å². The van der Waals surface area contributed by atoms with Gasteiger partial charge in [0.15, 0.2) is 0 Å². The van der Waals surface area contributed by atoms with Crippen LogP contribution in [0, 0.1) is 5.41 Å². The summed E-state index contributed by atoms with van der Waals surface area (Å²) >= 11 is 2.13. The summed E-state index contributed by atoms with van der Waals surface area (Å²) in [6.07, 6.45) is 6.83. The Hall–Kier alpha value is 0.310. The average Bonchev–Trinajstić information content (AvgIpc) is 2.81. The van der Waals surface area contributed by atoms with Crippen molar-refractivity contribution in [3.05, 3.63) is 0 Å². The van der Waals surface area contributed by atoms with E-state index in [4.69, 9.17) is 5.73 Å². The SMILES string of the molecule is CCCCSCC1(CCN)CC1. The van der Waals surface area contributed by atoms with E-state index >= 15 is 0 Å². The lowest BCUT2D eigenvalue weighted by atomic mass is 10.1. The highest BCUT2D eigenvalue weighted by molar-refractivity contribution is 7.99. The Morgan fingerprint density at radius 1 is 1.42 bits per heavy atom. The molecule has 0 atom stereocenters. The molecule has 0 aromatic carbocycles. The summed E-state index contributed by atoms with van der Waals surface area (Å²) in [6, 6.07) is 0. The minimum Gasteiger partial charge on any atom is -0.330 e. The van der Waals surface area contributed by atoms with Crippen molar-refractivity contribution >= 4 is 11.8 Å². The Bertz CT molecular complexity index is 121. The van der Waals surface area contributed by atoms with E-state index in [1.807, 2.05) is 0 Å². The predicted octanol–water partition coefficient (Wildman–Crippen LogP) is 2.65. The molecule has 1 nitrogen and oxygen atoms in total. The number of nitrogens with two attached hydrogens (primary N) is 1. The van der Waals surface area contributed by atoms with Gasteiger partial charge < -0.3 is 5.73 Å². The van der Waals surface area contributed by atoms with Gasteiger partial charge in [0.2, 0.25) is 0 Å². The summed E-state index contributed by atoms with van der Waals surface area (Å²) in [6.45, 7) is 3.14. The Labute approximate surface area is 80.5 Å². The van der Waals surface area contributed by atoms with Crippen molar-refractivity contribution in [3.8, 4) is 0 Å². The summed E-state index contributed by atoms with van der Waals surface area (Å²) in [4.78, 5) is 0. The van der Waals surface area contributed by atoms with Crippen molar-refractivity contribution in [2.75, 3.05) is 18.1 Å². The highest BCUT2D eigenvalue weighted by atomic mass is 32.2. The maximum Gasteiger partial charge on any atom is -0.00103 e. The number of thioether (sulfide) groups is 1. The van der Waals surface area contributed by atoms with E-state index in [1.165, 1.54) is 43.6 Å². The molecule has 0 spiro atoms. The van der Waals surface area contributed by atoms with E-state index in [9.17, 15) is 0 Å². The molecular formula is C10H21NS. The molecule has 72 valence electrons. The van der Waals surface area contributed by atoms with Gasteiger partial charge in [0.05, 0.1) is 0 Å². The third kappa shape index (κ3) is 3.36. The molecule has 1 saturated carbocycles. The minimum atomic E-state index is 0.688. The van der Waals surface area contributed by atoms with Crippen molar-refractivity contribution in [1.82, 2.24) is 0 Å². The van der Waals surface area contributed by atoms with Gasteiger partial charge in [0.25, 0.3) is 0 Å². The van der Waals surface area contributed by atoms with Crippen LogP contribution in [0.2, 0.25) is 0 Å². The summed E-state index contributed by atoms with van der Waals surface area (Å²) in [5, 5.41) is 0. The topological polar surface area (TPSA) is 26.0 Å². The lowest BCUT2D eigenvalue weighted by Gasteiger charge is -2.12. The Kier molecular flexibility index (Phi) is 4.44. The summed E-state index contributed by atoms with van der Waals surface area (Å²) in [5.41, 5.74) is 6.26. The molecule has 0 aromatic heterocycles. The van der Waals surface area contributed by atoms with Gasteiger partial charge in [-0.05, 0) is 49.1 Å². The molecule has 0 unspecified atom stereocenters. The van der Waals surface area contributed by atoms with Crippen LogP contribution in [-0.4, -0.2) is 18.1 Å². The van der Waals surface area contributed by atoms with Crippen molar-refractivity contribution < 1.29 is 0 Å². The zero-order valence-electron chi connectivity index (χ0n) is 8.14. The van der Waals surface area contributed by atoms with Crippen LogP contribution in [0.25, 0.3) is 0 Å². The Balaban J connectivity index is 1.98. The van der Waals surface area contributed by atoms with E-state index in [0.29, 0.717) is 5.41 Å². The molecule has 2 N–H and O–H groups in total. The molecule has 0 saturated heterocycles. The summed E-state index contributed by atoms with van der Waals surface area (Å²) in [5.74, 6) is 2.72. The minimum absolute atomic E-state index is 0.688. The molecule has 0 radical (unpaired) electrons. The molecule has 2 heteroatoms. The van der Waals surface area contributed by atoms with E-state index in [2.05, 4.69) is 18.7 Å². The van der Waals surface area contributed by atoms with E-state index in [1.54, 1.807) is 0 Å².